The van der Waals surface area contributed by atoms with Crippen molar-refractivity contribution in [3.05, 3.63) is 33.6 Å². The largest absolute Gasteiger partial charge is 0.301 e. The lowest BCUT2D eigenvalue weighted by Crippen LogP contribution is -2.30. The Bertz CT molecular complexity index is 683. The summed E-state index contributed by atoms with van der Waals surface area (Å²) in [6.45, 7) is 2.42. The van der Waals surface area contributed by atoms with Gasteiger partial charge in [-0.15, -0.1) is 11.3 Å². The van der Waals surface area contributed by atoms with Crippen molar-refractivity contribution in [2.75, 3.05) is 25.0 Å². The maximum absolute atomic E-state index is 12.0. The Hall–Kier alpha value is -1.14. The van der Waals surface area contributed by atoms with E-state index in [0.717, 1.165) is 24.3 Å². The summed E-state index contributed by atoms with van der Waals surface area (Å²) in [6.07, 6.45) is 2.34. The molecule has 22 heavy (non-hydrogen) atoms. The van der Waals surface area contributed by atoms with E-state index in [2.05, 4.69) is 15.2 Å². The highest BCUT2D eigenvalue weighted by Crippen LogP contribution is 2.32. The summed E-state index contributed by atoms with van der Waals surface area (Å²) in [6, 6.07) is 5.28. The normalized spacial score (nSPS) is 15.2. The second-order valence-electron chi connectivity index (χ2n) is 5.19. The van der Waals surface area contributed by atoms with Gasteiger partial charge in [0.2, 0.25) is 5.91 Å². The van der Waals surface area contributed by atoms with Crippen molar-refractivity contribution < 1.29 is 4.79 Å². The van der Waals surface area contributed by atoms with Crippen molar-refractivity contribution in [1.29, 1.82) is 0 Å². The summed E-state index contributed by atoms with van der Waals surface area (Å²) in [5.74, 6) is -0.0231. The lowest BCUT2D eigenvalue weighted by Gasteiger charge is -2.12. The van der Waals surface area contributed by atoms with Crippen LogP contribution in [0.5, 0.6) is 0 Å². The number of aromatic nitrogens is 1. The number of benzene rings is 1. The molecular weight excluding hydrogens is 341 g/mol. The van der Waals surface area contributed by atoms with E-state index in [9.17, 15) is 4.79 Å². The highest BCUT2D eigenvalue weighted by Gasteiger charge is 2.16. The summed E-state index contributed by atoms with van der Waals surface area (Å²) >= 11 is 13.5. The van der Waals surface area contributed by atoms with E-state index >= 15 is 0 Å². The minimum Gasteiger partial charge on any atom is -0.301 e. The number of rotatable bonds is 4. The first kappa shape index (κ1) is 15.7. The van der Waals surface area contributed by atoms with Crippen LogP contribution in [-0.4, -0.2) is 35.4 Å². The lowest BCUT2D eigenvalue weighted by molar-refractivity contribution is -0.117. The molecule has 0 unspecified atom stereocenters. The van der Waals surface area contributed by atoms with Crippen molar-refractivity contribution in [3.63, 3.8) is 0 Å². The molecule has 0 saturated carbocycles. The Balaban J connectivity index is 1.66. The Kier molecular flexibility index (Phi) is 4.98. The third-order valence-corrected chi connectivity index (χ3v) is 4.83. The van der Waals surface area contributed by atoms with Crippen LogP contribution >= 0.6 is 34.5 Å². The fourth-order valence-electron chi connectivity index (χ4n) is 2.45. The second-order valence-corrected chi connectivity index (χ2v) is 6.90. The molecular formula is C15H15Cl2N3OS. The number of likely N-dealkylation sites (tertiary alicyclic amines) is 1. The zero-order valence-electron chi connectivity index (χ0n) is 11.8. The Morgan fingerprint density at radius 3 is 2.82 bits per heavy atom. The van der Waals surface area contributed by atoms with Gasteiger partial charge in [0.25, 0.3) is 0 Å². The number of carbonyl (C=O) groups is 1. The SMILES string of the molecule is O=C(CN1CCCC1)Nc1nc(-c2ccc(Cl)cc2Cl)cs1. The minimum atomic E-state index is -0.0231. The van der Waals surface area contributed by atoms with E-state index in [-0.39, 0.29) is 5.91 Å². The minimum absolute atomic E-state index is 0.0231. The van der Waals surface area contributed by atoms with Gasteiger partial charge in [-0.05, 0) is 44.1 Å². The maximum Gasteiger partial charge on any atom is 0.240 e. The van der Waals surface area contributed by atoms with E-state index in [1.807, 2.05) is 11.4 Å². The summed E-state index contributed by atoms with van der Waals surface area (Å²) in [4.78, 5) is 18.6. The Morgan fingerprint density at radius 2 is 2.09 bits per heavy atom. The smallest absolute Gasteiger partial charge is 0.240 e. The molecule has 3 rings (SSSR count). The first-order chi connectivity index (χ1) is 10.6. The highest BCUT2D eigenvalue weighted by molar-refractivity contribution is 7.14. The van der Waals surface area contributed by atoms with Gasteiger partial charge >= 0.3 is 0 Å². The molecule has 2 heterocycles. The van der Waals surface area contributed by atoms with Crippen LogP contribution in [0.2, 0.25) is 10.0 Å². The van der Waals surface area contributed by atoms with Crippen LogP contribution in [0.1, 0.15) is 12.8 Å². The van der Waals surface area contributed by atoms with E-state index in [1.54, 1.807) is 12.1 Å². The number of nitrogens with one attached hydrogen (secondary N) is 1. The maximum atomic E-state index is 12.0. The monoisotopic (exact) mass is 355 g/mol. The number of thiazole rings is 1. The van der Waals surface area contributed by atoms with E-state index < -0.39 is 0 Å². The van der Waals surface area contributed by atoms with Gasteiger partial charge in [0.1, 0.15) is 0 Å². The topological polar surface area (TPSA) is 45.2 Å². The van der Waals surface area contributed by atoms with E-state index in [0.29, 0.717) is 21.7 Å². The molecule has 0 aliphatic carbocycles. The average Bonchev–Trinajstić information content (AvgIpc) is 3.10. The van der Waals surface area contributed by atoms with Gasteiger partial charge in [0.05, 0.1) is 17.3 Å². The van der Waals surface area contributed by atoms with Crippen LogP contribution in [0.25, 0.3) is 11.3 Å². The van der Waals surface area contributed by atoms with Crippen molar-refractivity contribution in [1.82, 2.24) is 9.88 Å². The summed E-state index contributed by atoms with van der Waals surface area (Å²) in [5.41, 5.74) is 1.55. The van der Waals surface area contributed by atoms with Crippen LogP contribution in [0, 0.1) is 0 Å². The first-order valence-electron chi connectivity index (χ1n) is 7.05. The summed E-state index contributed by atoms with van der Waals surface area (Å²) in [5, 5.41) is 6.45. The van der Waals surface area contributed by atoms with Gasteiger partial charge in [-0.2, -0.15) is 0 Å². The molecule has 1 aromatic carbocycles. The number of hydrogen-bond donors (Lipinski definition) is 1. The quantitative estimate of drug-likeness (QED) is 0.895. The van der Waals surface area contributed by atoms with Gasteiger partial charge in [-0.25, -0.2) is 4.98 Å². The molecule has 0 radical (unpaired) electrons. The molecule has 7 heteroatoms. The van der Waals surface area contributed by atoms with Crippen LogP contribution in [-0.2, 0) is 4.79 Å². The number of nitrogens with zero attached hydrogens (tertiary/aromatic N) is 2. The van der Waals surface area contributed by atoms with Crippen molar-refractivity contribution >= 4 is 45.6 Å². The first-order valence-corrected chi connectivity index (χ1v) is 8.68. The number of amides is 1. The third kappa shape index (κ3) is 3.79. The molecule has 4 nitrogen and oxygen atoms in total. The molecule has 0 spiro atoms. The third-order valence-electron chi connectivity index (χ3n) is 3.52. The van der Waals surface area contributed by atoms with Gasteiger partial charge in [-0.3, -0.25) is 9.69 Å². The molecule has 1 N–H and O–H groups in total. The summed E-state index contributed by atoms with van der Waals surface area (Å²) < 4.78 is 0. The molecule has 116 valence electrons. The predicted molar refractivity (Wildman–Crippen MR) is 91.9 cm³/mol. The second kappa shape index (κ2) is 6.96. The summed E-state index contributed by atoms with van der Waals surface area (Å²) in [7, 11) is 0. The molecule has 1 fully saturated rings. The number of hydrogen-bond acceptors (Lipinski definition) is 4. The van der Waals surface area contributed by atoms with E-state index in [4.69, 9.17) is 23.2 Å². The Labute approximate surface area is 143 Å². The average molecular weight is 356 g/mol. The van der Waals surface area contributed by atoms with Crippen LogP contribution < -0.4 is 5.32 Å². The molecule has 0 atom stereocenters. The zero-order chi connectivity index (χ0) is 15.5. The molecule has 1 aliphatic rings. The molecule has 1 aromatic heterocycles. The van der Waals surface area contributed by atoms with Crippen molar-refractivity contribution in [3.8, 4) is 11.3 Å². The molecule has 0 bridgehead atoms. The van der Waals surface area contributed by atoms with Crippen LogP contribution in [0.15, 0.2) is 23.6 Å². The van der Waals surface area contributed by atoms with Gasteiger partial charge in [0.15, 0.2) is 5.13 Å². The van der Waals surface area contributed by atoms with Gasteiger partial charge < -0.3 is 5.32 Å². The fraction of sp³-hybridized carbons (Fsp3) is 0.333. The standard InChI is InChI=1S/C15H15Cl2N3OS/c16-10-3-4-11(12(17)7-10)13-9-22-15(18-13)19-14(21)8-20-5-1-2-6-20/h3-4,7,9H,1-2,5-6,8H2,(H,18,19,21). The van der Waals surface area contributed by atoms with Crippen LogP contribution in [0.4, 0.5) is 5.13 Å². The molecule has 1 amide bonds. The van der Waals surface area contributed by atoms with Crippen molar-refractivity contribution in [2.24, 2.45) is 0 Å². The van der Waals surface area contributed by atoms with Gasteiger partial charge in [0, 0.05) is 16.0 Å². The number of carbonyl (C=O) groups excluding carboxylic acids is 1. The predicted octanol–water partition coefficient (Wildman–Crippen LogP) is 4.15. The molecule has 1 aliphatic heterocycles. The fourth-order valence-corrected chi connectivity index (χ4v) is 3.69. The van der Waals surface area contributed by atoms with E-state index in [1.165, 1.54) is 24.2 Å². The Morgan fingerprint density at radius 1 is 1.32 bits per heavy atom. The number of anilines is 1. The molecule has 2 aromatic rings. The number of halogens is 2. The van der Waals surface area contributed by atoms with Crippen LogP contribution in [0.3, 0.4) is 0 Å². The van der Waals surface area contributed by atoms with Crippen molar-refractivity contribution in [2.45, 2.75) is 12.8 Å². The molecule has 1 saturated heterocycles. The highest BCUT2D eigenvalue weighted by atomic mass is 35.5. The zero-order valence-corrected chi connectivity index (χ0v) is 14.1. The van der Waals surface area contributed by atoms with Gasteiger partial charge in [-0.1, -0.05) is 23.2 Å². The lowest BCUT2D eigenvalue weighted by atomic mass is 10.2.